The average Bonchev–Trinajstić information content (AvgIpc) is 2.73. The smallest absolute Gasteiger partial charge is 0.175 e. The van der Waals surface area contributed by atoms with Crippen LogP contribution in [-0.4, -0.2) is 15.6 Å². The summed E-state index contributed by atoms with van der Waals surface area (Å²) in [5.41, 5.74) is 2.34. The number of nitriles is 1. The van der Waals surface area contributed by atoms with Gasteiger partial charge in [0.1, 0.15) is 17.5 Å². The molecule has 0 bridgehead atoms. The Morgan fingerprint density at radius 3 is 3.00 bits per heavy atom. The van der Waals surface area contributed by atoms with Crippen molar-refractivity contribution in [1.29, 1.82) is 5.26 Å². The van der Waals surface area contributed by atoms with Crippen LogP contribution in [0.2, 0.25) is 0 Å². The minimum Gasteiger partial charge on any atom is -0.342 e. The van der Waals surface area contributed by atoms with Crippen LogP contribution in [0.1, 0.15) is 18.9 Å². The fourth-order valence-corrected chi connectivity index (χ4v) is 1.95. The van der Waals surface area contributed by atoms with Crippen molar-refractivity contribution >= 4 is 17.3 Å². The zero-order valence-corrected chi connectivity index (χ0v) is 9.88. The molecule has 0 spiro atoms. The number of aromatic nitrogens is 2. The molecule has 3 rings (SSSR count). The first-order valence-electron chi connectivity index (χ1n) is 5.75. The monoisotopic (exact) mass is 237 g/mol. The summed E-state index contributed by atoms with van der Waals surface area (Å²) >= 11 is 0. The molecule has 18 heavy (non-hydrogen) atoms. The lowest BCUT2D eigenvalue weighted by Crippen LogP contribution is -2.09. The molecule has 1 aromatic carbocycles. The van der Waals surface area contributed by atoms with Crippen LogP contribution in [0, 0.1) is 11.3 Å². The molecule has 2 heterocycles. The number of para-hydroxylation sites is 2. The van der Waals surface area contributed by atoms with Gasteiger partial charge in [-0.15, -0.1) is 0 Å². The second-order valence-electron chi connectivity index (χ2n) is 3.96. The zero-order chi connectivity index (χ0) is 12.5. The number of benzene rings is 1. The average molecular weight is 237 g/mol. The van der Waals surface area contributed by atoms with Gasteiger partial charge in [-0.1, -0.05) is 19.1 Å². The molecule has 5 heteroatoms. The van der Waals surface area contributed by atoms with E-state index >= 15 is 0 Å². The summed E-state index contributed by atoms with van der Waals surface area (Å²) in [6, 6.07) is 9.94. The van der Waals surface area contributed by atoms with Crippen molar-refractivity contribution in [3.63, 3.8) is 0 Å². The summed E-state index contributed by atoms with van der Waals surface area (Å²) in [5, 5.41) is 16.6. The van der Waals surface area contributed by atoms with Crippen molar-refractivity contribution in [2.75, 3.05) is 5.32 Å². The second-order valence-corrected chi connectivity index (χ2v) is 3.96. The topological polar surface area (TPSA) is 66.0 Å². The Morgan fingerprint density at radius 2 is 2.22 bits per heavy atom. The number of hydrogen-bond acceptors (Lipinski definition) is 4. The molecular formula is C13H11N5. The molecule has 1 aromatic heterocycles. The van der Waals surface area contributed by atoms with Crippen molar-refractivity contribution in [2.24, 2.45) is 4.99 Å². The van der Waals surface area contributed by atoms with Crippen LogP contribution in [0.3, 0.4) is 0 Å². The highest BCUT2D eigenvalue weighted by Gasteiger charge is 2.18. The third-order valence-electron chi connectivity index (χ3n) is 2.85. The number of nitrogens with one attached hydrogen (secondary N) is 1. The molecule has 88 valence electrons. The van der Waals surface area contributed by atoms with Gasteiger partial charge in [0, 0.05) is 6.42 Å². The van der Waals surface area contributed by atoms with Crippen LogP contribution in [-0.2, 0) is 0 Å². The number of anilines is 1. The van der Waals surface area contributed by atoms with Crippen LogP contribution in [0.15, 0.2) is 35.5 Å². The molecule has 0 amide bonds. The maximum Gasteiger partial charge on any atom is 0.175 e. The van der Waals surface area contributed by atoms with Gasteiger partial charge < -0.3 is 5.32 Å². The van der Waals surface area contributed by atoms with E-state index in [0.717, 1.165) is 23.6 Å². The minimum absolute atomic E-state index is 0.486. The molecular weight excluding hydrogens is 226 g/mol. The maximum absolute atomic E-state index is 9.09. The molecule has 1 N–H and O–H groups in total. The zero-order valence-electron chi connectivity index (χ0n) is 9.88. The quantitative estimate of drug-likeness (QED) is 0.829. The molecule has 0 unspecified atom stereocenters. The SMILES string of the molecule is CCC1=Nc2c(C#N)cnn2-c2ccccc2N1. The van der Waals surface area contributed by atoms with E-state index in [2.05, 4.69) is 21.5 Å². The van der Waals surface area contributed by atoms with Gasteiger partial charge in [-0.3, -0.25) is 0 Å². The van der Waals surface area contributed by atoms with Crippen LogP contribution in [0.5, 0.6) is 0 Å². The lowest BCUT2D eigenvalue weighted by Gasteiger charge is -2.08. The maximum atomic E-state index is 9.09. The molecule has 0 atom stereocenters. The van der Waals surface area contributed by atoms with Gasteiger partial charge in [-0.2, -0.15) is 10.4 Å². The highest BCUT2D eigenvalue weighted by Crippen LogP contribution is 2.30. The predicted octanol–water partition coefficient (Wildman–Crippen LogP) is 2.61. The van der Waals surface area contributed by atoms with Gasteiger partial charge in [-0.05, 0) is 12.1 Å². The fraction of sp³-hybridized carbons (Fsp3) is 0.154. The summed E-state index contributed by atoms with van der Waals surface area (Å²) in [7, 11) is 0. The number of aliphatic imine (C=N–C) groups is 1. The molecule has 2 aromatic rings. The van der Waals surface area contributed by atoms with Crippen LogP contribution in [0.25, 0.3) is 5.69 Å². The van der Waals surface area contributed by atoms with Crippen molar-refractivity contribution in [2.45, 2.75) is 13.3 Å². The van der Waals surface area contributed by atoms with E-state index in [1.54, 1.807) is 10.9 Å². The van der Waals surface area contributed by atoms with Crippen LogP contribution >= 0.6 is 0 Å². The summed E-state index contributed by atoms with van der Waals surface area (Å²) in [4.78, 5) is 4.49. The highest BCUT2D eigenvalue weighted by molar-refractivity contribution is 5.99. The van der Waals surface area contributed by atoms with Gasteiger partial charge in [0.15, 0.2) is 5.82 Å². The van der Waals surface area contributed by atoms with E-state index in [4.69, 9.17) is 5.26 Å². The lowest BCUT2D eigenvalue weighted by atomic mass is 10.2. The van der Waals surface area contributed by atoms with E-state index in [1.165, 1.54) is 0 Å². The predicted molar refractivity (Wildman–Crippen MR) is 69.3 cm³/mol. The molecule has 0 saturated heterocycles. The fourth-order valence-electron chi connectivity index (χ4n) is 1.95. The molecule has 0 radical (unpaired) electrons. The number of amidine groups is 1. The molecule has 1 aliphatic rings. The van der Waals surface area contributed by atoms with Gasteiger partial charge >= 0.3 is 0 Å². The number of hydrogen-bond donors (Lipinski definition) is 1. The molecule has 0 saturated carbocycles. The molecule has 0 fully saturated rings. The molecule has 1 aliphatic heterocycles. The Balaban J connectivity index is 2.31. The largest absolute Gasteiger partial charge is 0.342 e. The van der Waals surface area contributed by atoms with Crippen LogP contribution < -0.4 is 5.32 Å². The standard InChI is InChI=1S/C13H11N5/c1-2-12-16-10-5-3-4-6-11(10)18-13(17-12)9(7-14)8-15-18/h3-6,8H,2H2,1H3,(H,16,17). The Morgan fingerprint density at radius 1 is 1.39 bits per heavy atom. The highest BCUT2D eigenvalue weighted by atomic mass is 15.3. The number of nitrogens with zero attached hydrogens (tertiary/aromatic N) is 4. The molecule has 5 nitrogen and oxygen atoms in total. The van der Waals surface area contributed by atoms with Crippen molar-refractivity contribution in [1.82, 2.24) is 9.78 Å². The number of rotatable bonds is 1. The Hall–Kier alpha value is -2.61. The summed E-state index contributed by atoms with van der Waals surface area (Å²) in [5.74, 6) is 1.42. The van der Waals surface area contributed by atoms with E-state index in [-0.39, 0.29) is 0 Å². The normalized spacial score (nSPS) is 12.6. The summed E-state index contributed by atoms with van der Waals surface area (Å²) < 4.78 is 1.70. The first-order valence-corrected chi connectivity index (χ1v) is 5.75. The van der Waals surface area contributed by atoms with Gasteiger partial charge in [0.2, 0.25) is 0 Å². The first kappa shape index (κ1) is 10.5. The van der Waals surface area contributed by atoms with E-state index in [0.29, 0.717) is 11.4 Å². The van der Waals surface area contributed by atoms with Crippen LogP contribution in [0.4, 0.5) is 11.5 Å². The lowest BCUT2D eigenvalue weighted by molar-refractivity contribution is 0.885. The number of fused-ring (bicyclic) bond motifs is 3. The summed E-state index contributed by atoms with van der Waals surface area (Å²) in [6.07, 6.45) is 2.32. The Kier molecular flexibility index (Phi) is 2.34. The van der Waals surface area contributed by atoms with Crippen molar-refractivity contribution < 1.29 is 0 Å². The van der Waals surface area contributed by atoms with E-state index < -0.39 is 0 Å². The van der Waals surface area contributed by atoms with E-state index in [1.807, 2.05) is 31.2 Å². The Bertz CT molecular complexity index is 675. The second kappa shape index (κ2) is 4.00. The summed E-state index contributed by atoms with van der Waals surface area (Å²) in [6.45, 7) is 2.02. The van der Waals surface area contributed by atoms with Gasteiger partial charge in [-0.25, -0.2) is 9.67 Å². The molecule has 0 aliphatic carbocycles. The third kappa shape index (κ3) is 1.47. The first-order chi connectivity index (χ1) is 8.83. The van der Waals surface area contributed by atoms with Crippen molar-refractivity contribution in [3.05, 3.63) is 36.0 Å². The Labute approximate surface area is 104 Å². The van der Waals surface area contributed by atoms with Gasteiger partial charge in [0.05, 0.1) is 17.6 Å². The van der Waals surface area contributed by atoms with E-state index in [9.17, 15) is 0 Å². The van der Waals surface area contributed by atoms with Crippen molar-refractivity contribution in [3.8, 4) is 11.8 Å². The minimum atomic E-state index is 0.486. The third-order valence-corrected chi connectivity index (χ3v) is 2.85. The van der Waals surface area contributed by atoms with Gasteiger partial charge in [0.25, 0.3) is 0 Å².